The highest BCUT2D eigenvalue weighted by atomic mass is 16.3. The molecule has 3 aliphatic rings. The van der Waals surface area contributed by atoms with E-state index in [0.717, 1.165) is 48.9 Å². The van der Waals surface area contributed by atoms with E-state index in [4.69, 9.17) is 0 Å². The van der Waals surface area contributed by atoms with Crippen LogP contribution in [0, 0.1) is 51.2 Å². The summed E-state index contributed by atoms with van der Waals surface area (Å²) in [5, 5.41) is 14.1. The molecule has 3 saturated carbocycles. The van der Waals surface area contributed by atoms with Crippen molar-refractivity contribution in [2.75, 3.05) is 0 Å². The molecule has 3 fully saturated rings. The van der Waals surface area contributed by atoms with E-state index in [2.05, 4.69) is 39.8 Å². The average molecular weight is 434 g/mol. The summed E-state index contributed by atoms with van der Waals surface area (Å²) in [6, 6.07) is -0.0763. The molecule has 0 aromatic rings. The van der Waals surface area contributed by atoms with Gasteiger partial charge >= 0.3 is 0 Å². The molecule has 180 valence electrons. The number of hydrogen-bond donors (Lipinski definition) is 1. The van der Waals surface area contributed by atoms with Gasteiger partial charge in [0.15, 0.2) is 0 Å². The van der Waals surface area contributed by atoms with Crippen molar-refractivity contribution in [3.8, 4) is 0 Å². The second-order valence-corrected chi connectivity index (χ2v) is 13.4. The molecule has 0 aromatic carbocycles. The normalized spacial score (nSPS) is 41.6. The molecule has 8 atom stereocenters. The first-order chi connectivity index (χ1) is 14.4. The van der Waals surface area contributed by atoms with E-state index >= 15 is 0 Å². The van der Waals surface area contributed by atoms with Crippen molar-refractivity contribution in [2.45, 2.75) is 131 Å². The standard InChI is InChI=1S/C28H51NO2/c1-19(2)9-8-10-20(3)22-12-13-23-21-11-14-25(29-31)28(7,18-17-26(4,5)30)24(21)15-16-27(22,23)6/h19-25,30H,8-18H2,1-7H3/t20-,21+,22-,23+,24+,25?,27-,28-/m1/s1. The Labute approximate surface area is 192 Å². The Hall–Kier alpha value is -0.440. The molecule has 0 aliphatic heterocycles. The zero-order valence-corrected chi connectivity index (χ0v) is 21.6. The van der Waals surface area contributed by atoms with E-state index < -0.39 is 5.60 Å². The fourth-order valence-corrected chi connectivity index (χ4v) is 8.56. The first-order valence-electron chi connectivity index (χ1n) is 13.5. The fourth-order valence-electron chi connectivity index (χ4n) is 8.56. The largest absolute Gasteiger partial charge is 0.390 e. The number of nitroso groups, excluding NO2 is 1. The molecular weight excluding hydrogens is 382 g/mol. The zero-order valence-electron chi connectivity index (χ0n) is 21.6. The Bertz CT molecular complexity index is 611. The predicted octanol–water partition coefficient (Wildman–Crippen LogP) is 7.99. The Morgan fingerprint density at radius 3 is 2.32 bits per heavy atom. The highest BCUT2D eigenvalue weighted by Gasteiger charge is 2.60. The van der Waals surface area contributed by atoms with Crippen molar-refractivity contribution < 1.29 is 5.11 Å². The van der Waals surface area contributed by atoms with Crippen LogP contribution in [0.5, 0.6) is 0 Å². The molecule has 31 heavy (non-hydrogen) atoms. The molecular formula is C28H51NO2. The summed E-state index contributed by atoms with van der Waals surface area (Å²) in [5.74, 6) is 4.68. The van der Waals surface area contributed by atoms with Crippen molar-refractivity contribution in [2.24, 2.45) is 51.5 Å². The number of rotatable bonds is 9. The van der Waals surface area contributed by atoms with Gasteiger partial charge in [0.2, 0.25) is 0 Å². The monoisotopic (exact) mass is 433 g/mol. The summed E-state index contributed by atoms with van der Waals surface area (Å²) in [6.07, 6.45) is 13.3. The number of nitrogens with zero attached hydrogens (tertiary/aromatic N) is 1. The summed E-state index contributed by atoms with van der Waals surface area (Å²) >= 11 is 0. The molecule has 3 rings (SSSR count). The van der Waals surface area contributed by atoms with Crippen molar-refractivity contribution in [3.63, 3.8) is 0 Å². The maximum Gasteiger partial charge on any atom is 0.0975 e. The molecule has 0 bridgehead atoms. The lowest BCUT2D eigenvalue weighted by Crippen LogP contribution is -2.54. The van der Waals surface area contributed by atoms with Gasteiger partial charge in [-0.2, -0.15) is 4.91 Å². The van der Waals surface area contributed by atoms with Crippen LogP contribution < -0.4 is 0 Å². The third-order valence-electron chi connectivity index (χ3n) is 10.4. The Balaban J connectivity index is 1.75. The minimum atomic E-state index is -0.670. The summed E-state index contributed by atoms with van der Waals surface area (Å²) in [6.45, 7) is 16.0. The van der Waals surface area contributed by atoms with Gasteiger partial charge in [0.25, 0.3) is 0 Å². The molecule has 0 radical (unpaired) electrons. The number of fused-ring (bicyclic) bond motifs is 3. The van der Waals surface area contributed by atoms with Crippen LogP contribution in [0.25, 0.3) is 0 Å². The van der Waals surface area contributed by atoms with Crippen molar-refractivity contribution in [3.05, 3.63) is 4.91 Å². The minimum Gasteiger partial charge on any atom is -0.390 e. The summed E-state index contributed by atoms with van der Waals surface area (Å²) in [7, 11) is 0. The van der Waals surface area contributed by atoms with Crippen LogP contribution in [-0.2, 0) is 0 Å². The topological polar surface area (TPSA) is 49.7 Å². The van der Waals surface area contributed by atoms with Gasteiger partial charge in [0.05, 0.1) is 11.6 Å². The Kier molecular flexibility index (Phi) is 7.66. The van der Waals surface area contributed by atoms with E-state index in [9.17, 15) is 10.0 Å². The molecule has 0 saturated heterocycles. The third kappa shape index (κ3) is 5.07. The summed E-state index contributed by atoms with van der Waals surface area (Å²) in [5.41, 5.74) is -0.236. The number of hydrogen-bond acceptors (Lipinski definition) is 3. The second kappa shape index (κ2) is 9.43. The maximum atomic E-state index is 11.8. The van der Waals surface area contributed by atoms with Gasteiger partial charge in [-0.05, 0) is 112 Å². The lowest BCUT2D eigenvalue weighted by molar-refractivity contribution is -0.0914. The average Bonchev–Trinajstić information content (AvgIpc) is 3.03. The molecule has 1 unspecified atom stereocenters. The molecule has 0 spiro atoms. The van der Waals surface area contributed by atoms with E-state index in [1.165, 1.54) is 51.4 Å². The van der Waals surface area contributed by atoms with Gasteiger partial charge in [-0.3, -0.25) is 0 Å². The van der Waals surface area contributed by atoms with Crippen molar-refractivity contribution in [1.29, 1.82) is 0 Å². The quantitative estimate of drug-likeness (QED) is 0.374. The first kappa shape index (κ1) is 25.2. The zero-order chi connectivity index (χ0) is 23.0. The molecule has 0 amide bonds. The smallest absolute Gasteiger partial charge is 0.0975 e. The summed E-state index contributed by atoms with van der Waals surface area (Å²) in [4.78, 5) is 11.8. The molecule has 3 nitrogen and oxygen atoms in total. The second-order valence-electron chi connectivity index (χ2n) is 13.4. The lowest BCUT2D eigenvalue weighted by atomic mass is 9.47. The molecule has 1 N–H and O–H groups in total. The van der Waals surface area contributed by atoms with Crippen LogP contribution in [0.2, 0.25) is 0 Å². The van der Waals surface area contributed by atoms with Crippen molar-refractivity contribution >= 4 is 0 Å². The SMILES string of the molecule is CC(C)CCC[C@@H](C)[C@H]1CC[C@H]2[C@@H]3CCC(N=O)[C@](C)(CCC(C)(C)O)[C@H]3CC[C@]12C. The highest BCUT2D eigenvalue weighted by molar-refractivity contribution is 5.10. The molecule has 3 heteroatoms. The van der Waals surface area contributed by atoms with E-state index in [-0.39, 0.29) is 11.5 Å². The van der Waals surface area contributed by atoms with E-state index in [1.807, 2.05) is 13.8 Å². The number of aliphatic hydroxyl groups is 1. The molecule has 3 aliphatic carbocycles. The van der Waals surface area contributed by atoms with Gasteiger partial charge in [-0.15, -0.1) is 0 Å². The van der Waals surface area contributed by atoms with Crippen LogP contribution >= 0.6 is 0 Å². The van der Waals surface area contributed by atoms with E-state index in [1.54, 1.807) is 0 Å². The maximum absolute atomic E-state index is 11.8. The Morgan fingerprint density at radius 2 is 1.71 bits per heavy atom. The lowest BCUT2D eigenvalue weighted by Gasteiger charge is -2.58. The summed E-state index contributed by atoms with van der Waals surface area (Å²) < 4.78 is 0. The van der Waals surface area contributed by atoms with E-state index in [0.29, 0.717) is 11.3 Å². The van der Waals surface area contributed by atoms with Crippen molar-refractivity contribution in [1.82, 2.24) is 0 Å². The third-order valence-corrected chi connectivity index (χ3v) is 10.4. The van der Waals surface area contributed by atoms with Crippen LogP contribution in [0.3, 0.4) is 0 Å². The van der Waals surface area contributed by atoms with Gasteiger partial charge in [-0.1, -0.05) is 59.1 Å². The van der Waals surface area contributed by atoms with Gasteiger partial charge < -0.3 is 5.11 Å². The van der Waals surface area contributed by atoms with Crippen LogP contribution in [0.15, 0.2) is 5.18 Å². The van der Waals surface area contributed by atoms with Gasteiger partial charge in [-0.25, -0.2) is 0 Å². The van der Waals surface area contributed by atoms with Gasteiger partial charge in [0, 0.05) is 0 Å². The Morgan fingerprint density at radius 1 is 1.00 bits per heavy atom. The fraction of sp³-hybridized carbons (Fsp3) is 1.00. The van der Waals surface area contributed by atoms with Crippen LogP contribution in [0.4, 0.5) is 0 Å². The molecule has 0 aromatic heterocycles. The predicted molar refractivity (Wildman–Crippen MR) is 131 cm³/mol. The highest BCUT2D eigenvalue weighted by Crippen LogP contribution is 2.66. The van der Waals surface area contributed by atoms with Crippen LogP contribution in [0.1, 0.15) is 119 Å². The minimum absolute atomic E-state index is 0.0486. The molecule has 0 heterocycles. The van der Waals surface area contributed by atoms with Crippen LogP contribution in [-0.4, -0.2) is 16.7 Å². The van der Waals surface area contributed by atoms with Gasteiger partial charge in [0.1, 0.15) is 0 Å². The first-order valence-corrected chi connectivity index (χ1v) is 13.5.